The molecule has 2 aromatic rings. The summed E-state index contributed by atoms with van der Waals surface area (Å²) in [6.45, 7) is 0. The van der Waals surface area contributed by atoms with E-state index in [9.17, 15) is 13.2 Å². The second-order valence-corrected chi connectivity index (χ2v) is 7.87. The highest BCUT2D eigenvalue weighted by atomic mass is 32.2. The highest BCUT2D eigenvalue weighted by Crippen LogP contribution is 2.40. The Hall–Kier alpha value is -1.93. The molecular weight excluding hydrogens is 322 g/mol. The van der Waals surface area contributed by atoms with Crippen LogP contribution in [-0.4, -0.2) is 25.6 Å². The van der Waals surface area contributed by atoms with Crippen LogP contribution in [0, 0.1) is 0 Å². The monoisotopic (exact) mass is 337 g/mol. The number of aromatic nitrogens is 1. The largest absolute Gasteiger partial charge is 0.298 e. The highest BCUT2D eigenvalue weighted by molar-refractivity contribution is 7.92. The molecule has 0 saturated heterocycles. The van der Waals surface area contributed by atoms with E-state index in [1.165, 1.54) is 17.4 Å². The zero-order chi connectivity index (χ0) is 15.7. The first kappa shape index (κ1) is 15.0. The van der Waals surface area contributed by atoms with Crippen molar-refractivity contribution in [3.8, 4) is 0 Å². The number of sulfonamides is 1. The first-order valence-corrected chi connectivity index (χ1v) is 9.52. The summed E-state index contributed by atoms with van der Waals surface area (Å²) in [5.74, 6) is 0.234. The van der Waals surface area contributed by atoms with Crippen LogP contribution in [0.1, 0.15) is 34.8 Å². The fourth-order valence-electron chi connectivity index (χ4n) is 2.02. The van der Waals surface area contributed by atoms with Crippen molar-refractivity contribution in [2.75, 3.05) is 16.3 Å². The van der Waals surface area contributed by atoms with Gasteiger partial charge in [0.05, 0.1) is 11.9 Å². The van der Waals surface area contributed by atoms with Gasteiger partial charge in [-0.05, 0) is 31.0 Å². The minimum absolute atomic E-state index is 0.311. The van der Waals surface area contributed by atoms with Gasteiger partial charge in [-0.15, -0.1) is 11.3 Å². The third-order valence-corrected chi connectivity index (χ3v) is 4.55. The highest BCUT2D eigenvalue weighted by Gasteiger charge is 2.26. The zero-order valence-electron chi connectivity index (χ0n) is 11.9. The molecule has 0 bridgehead atoms. The maximum atomic E-state index is 12.2. The van der Waals surface area contributed by atoms with Crippen LogP contribution < -0.4 is 10.0 Å². The fourth-order valence-corrected chi connectivity index (χ4v) is 3.36. The Morgan fingerprint density at radius 1 is 1.36 bits per heavy atom. The molecule has 3 rings (SSSR count). The molecule has 6 nitrogen and oxygen atoms in total. The number of hydrogen-bond acceptors (Lipinski definition) is 5. The standard InChI is InChI=1S/C14H15N3O3S2/c1-22(19,20)17-11-4-2-3-10(7-11)13(18)16-14-15-12(8-21-14)9-5-6-9/h2-4,7-9,17H,5-6H2,1H3,(H,15,16,18). The van der Waals surface area contributed by atoms with Crippen molar-refractivity contribution in [2.24, 2.45) is 0 Å². The van der Waals surface area contributed by atoms with Crippen molar-refractivity contribution in [1.82, 2.24) is 4.98 Å². The summed E-state index contributed by atoms with van der Waals surface area (Å²) >= 11 is 1.40. The van der Waals surface area contributed by atoms with E-state index in [4.69, 9.17) is 0 Å². The van der Waals surface area contributed by atoms with Gasteiger partial charge in [-0.2, -0.15) is 0 Å². The molecule has 0 aliphatic heterocycles. The van der Waals surface area contributed by atoms with Crippen molar-refractivity contribution in [1.29, 1.82) is 0 Å². The van der Waals surface area contributed by atoms with Crippen molar-refractivity contribution in [3.63, 3.8) is 0 Å². The van der Waals surface area contributed by atoms with E-state index in [1.54, 1.807) is 18.2 Å². The average Bonchev–Trinajstić information content (AvgIpc) is 3.18. The Kier molecular flexibility index (Phi) is 3.88. The summed E-state index contributed by atoms with van der Waals surface area (Å²) in [5, 5.41) is 5.27. The summed E-state index contributed by atoms with van der Waals surface area (Å²) in [7, 11) is -3.37. The Morgan fingerprint density at radius 3 is 2.82 bits per heavy atom. The number of anilines is 2. The van der Waals surface area contributed by atoms with Crippen LogP contribution in [0.5, 0.6) is 0 Å². The van der Waals surface area contributed by atoms with Gasteiger partial charge in [-0.1, -0.05) is 6.07 Å². The van der Waals surface area contributed by atoms with Gasteiger partial charge in [0.2, 0.25) is 10.0 Å². The second-order valence-electron chi connectivity index (χ2n) is 5.26. The second kappa shape index (κ2) is 5.69. The molecule has 1 aromatic heterocycles. The first-order valence-electron chi connectivity index (χ1n) is 6.75. The molecule has 1 aliphatic rings. The number of carbonyl (C=O) groups excluding carboxylic acids is 1. The predicted octanol–water partition coefficient (Wildman–Crippen LogP) is 2.64. The molecule has 2 N–H and O–H groups in total. The molecule has 1 saturated carbocycles. The SMILES string of the molecule is CS(=O)(=O)Nc1cccc(C(=O)Nc2nc(C3CC3)cs2)c1. The molecule has 0 unspecified atom stereocenters. The van der Waals surface area contributed by atoms with Crippen LogP contribution in [0.15, 0.2) is 29.6 Å². The molecule has 0 atom stereocenters. The van der Waals surface area contributed by atoms with Crippen LogP contribution in [0.2, 0.25) is 0 Å². The van der Waals surface area contributed by atoms with E-state index in [1.807, 2.05) is 5.38 Å². The normalized spacial score (nSPS) is 14.6. The maximum absolute atomic E-state index is 12.2. The molecule has 1 aliphatic carbocycles. The van der Waals surface area contributed by atoms with Crippen LogP contribution in [0.4, 0.5) is 10.8 Å². The zero-order valence-corrected chi connectivity index (χ0v) is 13.5. The molecule has 1 amide bonds. The summed E-state index contributed by atoms with van der Waals surface area (Å²) in [4.78, 5) is 16.6. The van der Waals surface area contributed by atoms with Gasteiger partial charge < -0.3 is 0 Å². The van der Waals surface area contributed by atoms with E-state index in [0.717, 1.165) is 24.8 Å². The molecular formula is C14H15N3O3S2. The van der Waals surface area contributed by atoms with Crippen LogP contribution >= 0.6 is 11.3 Å². The number of nitrogens with zero attached hydrogens (tertiary/aromatic N) is 1. The first-order chi connectivity index (χ1) is 10.4. The van der Waals surface area contributed by atoms with Gasteiger partial charge >= 0.3 is 0 Å². The van der Waals surface area contributed by atoms with Gasteiger partial charge in [0, 0.05) is 22.5 Å². The quantitative estimate of drug-likeness (QED) is 0.878. The van der Waals surface area contributed by atoms with Crippen LogP contribution in [0.3, 0.4) is 0 Å². The lowest BCUT2D eigenvalue weighted by atomic mass is 10.2. The molecule has 1 fully saturated rings. The van der Waals surface area contributed by atoms with Gasteiger partial charge in [0.25, 0.3) is 5.91 Å². The Balaban J connectivity index is 1.72. The number of carbonyl (C=O) groups is 1. The van der Waals surface area contributed by atoms with E-state index >= 15 is 0 Å². The minimum Gasteiger partial charge on any atom is -0.298 e. The lowest BCUT2D eigenvalue weighted by molar-refractivity contribution is 0.102. The number of amides is 1. The molecule has 1 aromatic carbocycles. The lowest BCUT2D eigenvalue weighted by Crippen LogP contribution is -2.13. The Bertz CT molecular complexity index is 810. The third-order valence-electron chi connectivity index (χ3n) is 3.17. The van der Waals surface area contributed by atoms with Gasteiger partial charge in [0.1, 0.15) is 0 Å². The maximum Gasteiger partial charge on any atom is 0.257 e. The van der Waals surface area contributed by atoms with Gasteiger partial charge in [-0.25, -0.2) is 13.4 Å². The molecule has 0 spiro atoms. The van der Waals surface area contributed by atoms with E-state index in [2.05, 4.69) is 15.0 Å². The van der Waals surface area contributed by atoms with Crippen LogP contribution in [0.25, 0.3) is 0 Å². The molecule has 22 heavy (non-hydrogen) atoms. The Morgan fingerprint density at radius 2 is 2.14 bits per heavy atom. The Labute approximate surface area is 132 Å². The van der Waals surface area contributed by atoms with E-state index < -0.39 is 10.0 Å². The predicted molar refractivity (Wildman–Crippen MR) is 87.0 cm³/mol. The molecule has 8 heteroatoms. The van der Waals surface area contributed by atoms with E-state index in [0.29, 0.717) is 22.3 Å². The smallest absolute Gasteiger partial charge is 0.257 e. The molecule has 0 radical (unpaired) electrons. The summed E-state index contributed by atoms with van der Waals surface area (Å²) < 4.78 is 24.8. The summed E-state index contributed by atoms with van der Waals surface area (Å²) in [5.41, 5.74) is 1.76. The number of nitrogens with one attached hydrogen (secondary N) is 2. The third kappa shape index (κ3) is 3.83. The topological polar surface area (TPSA) is 88.2 Å². The van der Waals surface area contributed by atoms with E-state index in [-0.39, 0.29) is 5.91 Å². The van der Waals surface area contributed by atoms with Gasteiger partial charge in [0.15, 0.2) is 5.13 Å². The number of thiazole rings is 1. The molecule has 1 heterocycles. The van der Waals surface area contributed by atoms with Crippen molar-refractivity contribution in [3.05, 3.63) is 40.9 Å². The number of hydrogen-bond donors (Lipinski definition) is 2. The number of rotatable bonds is 5. The van der Waals surface area contributed by atoms with Crippen LogP contribution in [-0.2, 0) is 10.0 Å². The van der Waals surface area contributed by atoms with Crippen molar-refractivity contribution < 1.29 is 13.2 Å². The molecule has 116 valence electrons. The lowest BCUT2D eigenvalue weighted by Gasteiger charge is -2.06. The number of benzene rings is 1. The average molecular weight is 337 g/mol. The van der Waals surface area contributed by atoms with Gasteiger partial charge in [-0.3, -0.25) is 14.8 Å². The van der Waals surface area contributed by atoms with Crippen molar-refractivity contribution in [2.45, 2.75) is 18.8 Å². The minimum atomic E-state index is -3.37. The van der Waals surface area contributed by atoms with Crippen molar-refractivity contribution >= 4 is 38.1 Å². The summed E-state index contributed by atoms with van der Waals surface area (Å²) in [6.07, 6.45) is 3.39. The fraction of sp³-hybridized carbons (Fsp3) is 0.286. The summed E-state index contributed by atoms with van der Waals surface area (Å²) in [6, 6.07) is 6.33.